The van der Waals surface area contributed by atoms with Gasteiger partial charge in [0.1, 0.15) is 48.1 Å². The number of imidazole rings is 2. The molecule has 9 heterocycles. The van der Waals surface area contributed by atoms with Crippen LogP contribution in [0.25, 0.3) is 22.3 Å². The molecule has 11 rings (SSSR count). The van der Waals surface area contributed by atoms with Crippen molar-refractivity contribution in [3.8, 4) is 0 Å². The van der Waals surface area contributed by atoms with Crippen LogP contribution in [0.1, 0.15) is 23.6 Å². The largest absolute Gasteiger partial charge is 1.00 e. The van der Waals surface area contributed by atoms with Crippen molar-refractivity contribution in [2.24, 2.45) is 0 Å². The number of aliphatic hydroxyl groups is 4. The third-order valence-electron chi connectivity index (χ3n) is 10.6. The molecule has 1 spiro atoms. The molecule has 9 N–H and O–H groups in total. The molecule has 0 bridgehead atoms. The molecule has 21 nitrogen and oxygen atoms in total. The van der Waals surface area contributed by atoms with Gasteiger partial charge in [-0.1, -0.05) is 54.1 Å². The summed E-state index contributed by atoms with van der Waals surface area (Å²) >= 11 is 0. The zero-order chi connectivity index (χ0) is 39.4. The van der Waals surface area contributed by atoms with Gasteiger partial charge in [-0.3, -0.25) is 9.13 Å². The van der Waals surface area contributed by atoms with Gasteiger partial charge in [-0.25, -0.2) is 29.9 Å². The normalized spacial score (nSPS) is 29.1. The topological polar surface area (TPSA) is 296 Å². The van der Waals surface area contributed by atoms with Gasteiger partial charge in [0.15, 0.2) is 35.4 Å². The molecule has 2 aromatic carbocycles. The van der Waals surface area contributed by atoms with E-state index in [4.69, 9.17) is 49.7 Å². The molecule has 24 heteroatoms. The third kappa shape index (κ3) is 6.95. The second-order valence-electron chi connectivity index (χ2n) is 13.9. The second-order valence-corrected chi connectivity index (χ2v) is 13.9. The summed E-state index contributed by atoms with van der Waals surface area (Å²) in [4.78, 5) is 24.4. The quantitative estimate of drug-likeness (QED) is 0.0817. The zero-order valence-electron chi connectivity index (χ0n) is 30.9. The number of nitrogens with zero attached hydrogens (tertiary/aromatic N) is 8. The van der Waals surface area contributed by atoms with Crippen molar-refractivity contribution in [2.75, 3.05) is 24.7 Å². The summed E-state index contributed by atoms with van der Waals surface area (Å²) in [5.41, 5.74) is 17.3. The molecule has 296 valence electrons. The Hall–Kier alpha value is -4.17. The van der Waals surface area contributed by atoms with Gasteiger partial charge < -0.3 is 65.0 Å². The summed E-state index contributed by atoms with van der Waals surface area (Å²) in [7, 11) is -0.698. The van der Waals surface area contributed by atoms with E-state index in [9.17, 15) is 15.3 Å². The third-order valence-corrected chi connectivity index (χ3v) is 10.6. The first-order valence-corrected chi connectivity index (χ1v) is 18.0. The molecule has 3 unspecified atom stereocenters. The van der Waals surface area contributed by atoms with Crippen LogP contribution < -0.4 is 52.0 Å². The predicted octanol–water partition coefficient (Wildman–Crippen LogP) is -5.61. The van der Waals surface area contributed by atoms with Crippen molar-refractivity contribution >= 4 is 58.8 Å². The van der Waals surface area contributed by atoms with Crippen LogP contribution in [0.5, 0.6) is 0 Å². The van der Waals surface area contributed by atoms with E-state index in [1.54, 1.807) is 10.9 Å². The first-order chi connectivity index (χ1) is 27.7. The summed E-state index contributed by atoms with van der Waals surface area (Å²) in [6.45, 7) is -1.73. The molecule has 0 saturated carbocycles. The Morgan fingerprint density at radius 1 is 0.707 bits per heavy atom. The molecule has 3 saturated heterocycles. The van der Waals surface area contributed by atoms with Crippen molar-refractivity contribution in [3.63, 3.8) is 0 Å². The summed E-state index contributed by atoms with van der Waals surface area (Å²) in [6.07, 6.45) is -0.618. The minimum Gasteiger partial charge on any atom is -0.537 e. The number of hydrogen-bond donors (Lipinski definition) is 7. The number of aliphatic hydroxyl groups excluding tert-OH is 4. The number of rotatable bonds is 4. The van der Waals surface area contributed by atoms with E-state index < -0.39 is 69.6 Å². The van der Waals surface area contributed by atoms with Gasteiger partial charge in [0.2, 0.25) is 0 Å². The first-order valence-electron chi connectivity index (χ1n) is 18.0. The maximum Gasteiger partial charge on any atom is 1.00 e. The summed E-state index contributed by atoms with van der Waals surface area (Å²) in [5.74, 6) is 0.504. The minimum absolute atomic E-state index is 0. The fourth-order valence-electron chi connectivity index (χ4n) is 7.75. The Morgan fingerprint density at radius 2 is 1.29 bits per heavy atom. The van der Waals surface area contributed by atoms with E-state index in [2.05, 4.69) is 29.9 Å². The number of nitrogen functional groups attached to an aromatic ring is 2. The summed E-state index contributed by atoms with van der Waals surface area (Å²) < 4.78 is 38.2. The average Bonchev–Trinajstić information content (AvgIpc) is 4.11. The second kappa shape index (κ2) is 16.5. The average molecular weight is 806 g/mol. The maximum atomic E-state index is 9.95. The number of ether oxygens (including phenoxy) is 2. The van der Waals surface area contributed by atoms with Crippen LogP contribution in [-0.2, 0) is 41.3 Å². The molecule has 0 amide bonds. The molecule has 6 aromatic rings. The maximum absolute atomic E-state index is 9.95. The van der Waals surface area contributed by atoms with Gasteiger partial charge in [-0.15, -0.1) is 5.46 Å². The number of benzene rings is 2. The van der Waals surface area contributed by atoms with Crippen LogP contribution in [0.3, 0.4) is 0 Å². The Labute approximate surface area is 351 Å². The van der Waals surface area contributed by atoms with Gasteiger partial charge in [0.25, 0.3) is 0 Å². The van der Waals surface area contributed by atoms with Gasteiger partial charge in [-0.2, -0.15) is 0 Å². The smallest absolute Gasteiger partial charge is 0.537 e. The number of nitrogens with two attached hydrogens (primary N) is 2. The van der Waals surface area contributed by atoms with Crippen molar-refractivity contribution in [3.05, 3.63) is 85.0 Å². The fourth-order valence-corrected chi connectivity index (χ4v) is 7.75. The Balaban J connectivity index is 0.000000135. The van der Waals surface area contributed by atoms with Crippen LogP contribution in [0.15, 0.2) is 73.8 Å². The molecule has 4 aromatic heterocycles. The first kappa shape index (κ1) is 40.6. The van der Waals surface area contributed by atoms with E-state index in [1.165, 1.54) is 23.5 Å². The monoisotopic (exact) mass is 806 g/mol. The molecule has 0 aliphatic carbocycles. The van der Waals surface area contributed by atoms with Crippen LogP contribution in [0.2, 0.25) is 0 Å². The van der Waals surface area contributed by atoms with E-state index >= 15 is 0 Å². The van der Waals surface area contributed by atoms with Crippen LogP contribution in [-0.4, -0.2) is 128 Å². The SMILES string of the molecule is Nc1ncnc2c1ncn2[C@@H]1O[C@H](CO)[C@@H]2O[B-]3(OCc4ccccc43)OC21.Nc1ncnc2c1ncn2[C@@H]1O[C@H](CO)[C@H](O)C1O.OB1OCc2ccccc21.[Na+]. The van der Waals surface area contributed by atoms with Gasteiger partial charge >= 0.3 is 43.4 Å². The van der Waals surface area contributed by atoms with Crippen LogP contribution in [0, 0.1) is 0 Å². The van der Waals surface area contributed by atoms with Gasteiger partial charge in [-0.05, 0) is 11.0 Å². The van der Waals surface area contributed by atoms with Crippen LogP contribution in [0.4, 0.5) is 11.6 Å². The Morgan fingerprint density at radius 3 is 1.93 bits per heavy atom. The van der Waals surface area contributed by atoms with E-state index in [0.29, 0.717) is 35.5 Å². The minimum atomic E-state index is -2.09. The van der Waals surface area contributed by atoms with E-state index in [1.807, 2.05) is 48.5 Å². The van der Waals surface area contributed by atoms with Gasteiger partial charge in [0.05, 0.1) is 44.7 Å². The standard InChI is InChI=1S/C17H17BN5O5.C10H13N5O4.C7H7BO2.Na/c19-15-12-16(21-7-20-15)23(8-22-12)17-14-13(11(5-24)26-17)27-18(28-14)10-4-2-1-3-9(10)6-25-18;11-8-5-9(13-2-12-8)15(3-14-5)10-7(18)6(17)4(1-16)19-10;9-8-7-4-2-1-3-6(7)5-10-8;/h1-4,7-8,11,13-14,17,24H,5-6H2,(H2,19,20,21);2-4,6-7,10,16-18H,1H2,(H2,11,12,13);1-4,9H,5H2;/q-1;;;+1/t11-,13+,14?,17-,18?;4-,6+,7?,10-;;/m11../s1. The van der Waals surface area contributed by atoms with Crippen LogP contribution >= 0.6 is 0 Å². The molecule has 0 radical (unpaired) electrons. The molecular weight excluding hydrogens is 769 g/mol. The van der Waals surface area contributed by atoms with Gasteiger partial charge in [0, 0.05) is 6.61 Å². The number of hydrogen-bond acceptors (Lipinski definition) is 19. The molecule has 5 aliphatic rings. The van der Waals surface area contributed by atoms with E-state index in [0.717, 1.165) is 22.1 Å². The molecule has 58 heavy (non-hydrogen) atoms. The fraction of sp³-hybridized carbons (Fsp3) is 0.353. The van der Waals surface area contributed by atoms with Crippen molar-refractivity contribution in [1.82, 2.24) is 39.0 Å². The molecule has 9 atom stereocenters. The van der Waals surface area contributed by atoms with Crippen molar-refractivity contribution < 1.29 is 83.1 Å². The molecule has 5 aliphatic heterocycles. The molecular formula is C34H37B2N10NaO11. The number of anilines is 2. The molecule has 3 fully saturated rings. The Kier molecular flexibility index (Phi) is 11.5. The predicted molar refractivity (Wildman–Crippen MR) is 199 cm³/mol. The summed E-state index contributed by atoms with van der Waals surface area (Å²) in [6, 6.07) is 15.5. The number of aromatic nitrogens is 8. The zero-order valence-corrected chi connectivity index (χ0v) is 32.9. The van der Waals surface area contributed by atoms with Crippen molar-refractivity contribution in [1.29, 1.82) is 0 Å². The van der Waals surface area contributed by atoms with E-state index in [-0.39, 0.29) is 47.8 Å². The summed E-state index contributed by atoms with van der Waals surface area (Å²) in [5, 5.41) is 47.7. The Bertz CT molecular complexity index is 2420. The van der Waals surface area contributed by atoms with Crippen molar-refractivity contribution in [2.45, 2.75) is 62.3 Å². The number of fused-ring (bicyclic) bond motifs is 6.